The van der Waals surface area contributed by atoms with Crippen LogP contribution in [0.3, 0.4) is 0 Å². The molecule has 1 aliphatic heterocycles. The molecule has 26 heavy (non-hydrogen) atoms. The molecule has 4 rings (SSSR count). The Morgan fingerprint density at radius 2 is 1.62 bits per heavy atom. The summed E-state index contributed by atoms with van der Waals surface area (Å²) in [6.45, 7) is 0.671. The van der Waals surface area contributed by atoms with Crippen LogP contribution in [-0.4, -0.2) is 29.2 Å². The summed E-state index contributed by atoms with van der Waals surface area (Å²) in [5, 5.41) is 0. The molecule has 0 unspecified atom stereocenters. The molecule has 0 amide bonds. The van der Waals surface area contributed by atoms with Crippen molar-refractivity contribution < 1.29 is 12.8 Å². The lowest BCUT2D eigenvalue weighted by atomic mass is 10.1. The molecule has 2 aromatic carbocycles. The molecule has 0 bridgehead atoms. The van der Waals surface area contributed by atoms with E-state index in [0.29, 0.717) is 13.0 Å². The zero-order valence-electron chi connectivity index (χ0n) is 13.8. The van der Waals surface area contributed by atoms with Crippen molar-refractivity contribution in [1.29, 1.82) is 0 Å². The van der Waals surface area contributed by atoms with Crippen molar-refractivity contribution in [1.82, 2.24) is 14.3 Å². The Kier molecular flexibility index (Phi) is 4.26. The van der Waals surface area contributed by atoms with Gasteiger partial charge in [0.2, 0.25) is 10.0 Å². The monoisotopic (exact) mass is 369 g/mol. The van der Waals surface area contributed by atoms with Gasteiger partial charge in [-0.2, -0.15) is 4.31 Å². The predicted molar refractivity (Wildman–Crippen MR) is 95.2 cm³/mol. The summed E-state index contributed by atoms with van der Waals surface area (Å²) >= 11 is 0. The predicted octanol–water partition coefficient (Wildman–Crippen LogP) is 3.03. The molecule has 0 N–H and O–H groups in total. The third kappa shape index (κ3) is 3.11. The highest BCUT2D eigenvalue weighted by atomic mass is 32.2. The number of hydrogen-bond acceptors (Lipinski definition) is 4. The van der Waals surface area contributed by atoms with Gasteiger partial charge < -0.3 is 0 Å². The topological polar surface area (TPSA) is 63.2 Å². The van der Waals surface area contributed by atoms with Gasteiger partial charge in [0.1, 0.15) is 12.1 Å². The third-order valence-corrected chi connectivity index (χ3v) is 6.36. The second-order valence-electron chi connectivity index (χ2n) is 6.11. The van der Waals surface area contributed by atoms with E-state index < -0.39 is 10.0 Å². The fourth-order valence-electron chi connectivity index (χ4n) is 3.06. The van der Waals surface area contributed by atoms with Gasteiger partial charge in [0.15, 0.2) is 0 Å². The van der Waals surface area contributed by atoms with Crippen molar-refractivity contribution in [3.8, 4) is 11.1 Å². The number of benzene rings is 2. The van der Waals surface area contributed by atoms with Crippen LogP contribution in [0.25, 0.3) is 11.1 Å². The molecule has 1 aromatic heterocycles. The Morgan fingerprint density at radius 3 is 2.31 bits per heavy atom. The molecule has 7 heteroatoms. The maximum Gasteiger partial charge on any atom is 0.243 e. The van der Waals surface area contributed by atoms with Gasteiger partial charge in [-0.3, -0.25) is 0 Å². The van der Waals surface area contributed by atoms with Gasteiger partial charge in [-0.05, 0) is 35.4 Å². The number of hydrogen-bond donors (Lipinski definition) is 0. The third-order valence-electron chi connectivity index (χ3n) is 4.50. The minimum absolute atomic E-state index is 0.240. The van der Waals surface area contributed by atoms with E-state index in [1.54, 1.807) is 42.6 Å². The zero-order valence-corrected chi connectivity index (χ0v) is 14.7. The first kappa shape index (κ1) is 16.8. The molecule has 0 aliphatic carbocycles. The van der Waals surface area contributed by atoms with Gasteiger partial charge in [0.05, 0.1) is 4.90 Å². The minimum Gasteiger partial charge on any atom is -0.244 e. The van der Waals surface area contributed by atoms with E-state index in [0.717, 1.165) is 22.4 Å². The number of aromatic nitrogens is 2. The first-order valence-electron chi connectivity index (χ1n) is 8.18. The number of nitrogens with zero attached hydrogens (tertiary/aromatic N) is 3. The normalized spacial score (nSPS) is 14.8. The fraction of sp³-hybridized carbons (Fsp3) is 0.158. The van der Waals surface area contributed by atoms with Gasteiger partial charge >= 0.3 is 0 Å². The van der Waals surface area contributed by atoms with Crippen LogP contribution in [0.4, 0.5) is 4.39 Å². The van der Waals surface area contributed by atoms with Gasteiger partial charge in [-0.25, -0.2) is 22.8 Å². The van der Waals surface area contributed by atoms with E-state index in [1.165, 1.54) is 22.8 Å². The summed E-state index contributed by atoms with van der Waals surface area (Å²) < 4.78 is 40.3. The summed E-state index contributed by atoms with van der Waals surface area (Å²) in [5.41, 5.74) is 3.41. The van der Waals surface area contributed by atoms with Crippen LogP contribution in [0.15, 0.2) is 66.0 Å². The fourth-order valence-corrected chi connectivity index (χ4v) is 4.48. The Hall–Kier alpha value is -2.64. The van der Waals surface area contributed by atoms with Crippen molar-refractivity contribution in [2.75, 3.05) is 6.54 Å². The summed E-state index contributed by atoms with van der Waals surface area (Å²) in [6, 6.07) is 12.7. The van der Waals surface area contributed by atoms with Crippen LogP contribution in [0.5, 0.6) is 0 Å². The van der Waals surface area contributed by atoms with E-state index in [9.17, 15) is 12.8 Å². The molecular formula is C19H16FN3O2S. The van der Waals surface area contributed by atoms with Crippen LogP contribution in [0.1, 0.15) is 11.3 Å². The van der Waals surface area contributed by atoms with Gasteiger partial charge in [-0.15, -0.1) is 0 Å². The molecule has 0 radical (unpaired) electrons. The van der Waals surface area contributed by atoms with Gasteiger partial charge in [0.25, 0.3) is 0 Å². The lowest BCUT2D eigenvalue weighted by Crippen LogP contribution is -2.36. The summed E-state index contributed by atoms with van der Waals surface area (Å²) in [6.07, 6.45) is 3.73. The molecule has 5 nitrogen and oxygen atoms in total. The van der Waals surface area contributed by atoms with E-state index in [4.69, 9.17) is 0 Å². The van der Waals surface area contributed by atoms with Gasteiger partial charge in [-0.1, -0.05) is 24.3 Å². The summed E-state index contributed by atoms with van der Waals surface area (Å²) in [7, 11) is -3.59. The highest BCUT2D eigenvalue weighted by Gasteiger charge is 2.28. The van der Waals surface area contributed by atoms with Crippen LogP contribution in [0.2, 0.25) is 0 Å². The molecule has 0 spiro atoms. The first-order valence-corrected chi connectivity index (χ1v) is 9.62. The highest BCUT2D eigenvalue weighted by Crippen LogP contribution is 2.26. The molecule has 3 aromatic rings. The molecule has 0 saturated heterocycles. The van der Waals surface area contributed by atoms with Gasteiger partial charge in [0, 0.05) is 37.0 Å². The van der Waals surface area contributed by atoms with Crippen molar-refractivity contribution in [2.45, 2.75) is 17.9 Å². The smallest absolute Gasteiger partial charge is 0.243 e. The average Bonchev–Trinajstić information content (AvgIpc) is 2.68. The second kappa shape index (κ2) is 6.59. The molecule has 2 heterocycles. The van der Waals surface area contributed by atoms with Crippen molar-refractivity contribution >= 4 is 10.0 Å². The molecule has 0 fully saturated rings. The standard InChI is InChI=1S/C19H16FN3O2S/c20-17-5-1-14(2-6-17)15-3-7-18(8-4-15)26(24,25)23-10-9-19-16(12-23)11-21-13-22-19/h1-8,11,13H,9-10,12H2. The maximum atomic E-state index is 13.0. The largest absolute Gasteiger partial charge is 0.244 e. The summed E-state index contributed by atoms with van der Waals surface area (Å²) in [4.78, 5) is 8.42. The van der Waals surface area contributed by atoms with E-state index in [1.807, 2.05) is 0 Å². The van der Waals surface area contributed by atoms with Crippen LogP contribution in [-0.2, 0) is 23.0 Å². The van der Waals surface area contributed by atoms with Crippen molar-refractivity contribution in [3.05, 3.63) is 78.1 Å². The SMILES string of the molecule is O=S(=O)(c1ccc(-c2ccc(F)cc2)cc1)N1CCc2ncncc2C1. The average molecular weight is 369 g/mol. The molecule has 1 aliphatic rings. The number of sulfonamides is 1. The Bertz CT molecular complexity index is 1040. The lowest BCUT2D eigenvalue weighted by Gasteiger charge is -2.27. The number of fused-ring (bicyclic) bond motifs is 1. The molecular weight excluding hydrogens is 353 g/mol. The Morgan fingerprint density at radius 1 is 0.962 bits per heavy atom. The van der Waals surface area contributed by atoms with E-state index in [-0.39, 0.29) is 17.3 Å². The molecule has 132 valence electrons. The van der Waals surface area contributed by atoms with Crippen molar-refractivity contribution in [2.24, 2.45) is 0 Å². The van der Waals surface area contributed by atoms with E-state index >= 15 is 0 Å². The number of rotatable bonds is 3. The van der Waals surface area contributed by atoms with Crippen LogP contribution < -0.4 is 0 Å². The second-order valence-corrected chi connectivity index (χ2v) is 8.05. The van der Waals surface area contributed by atoms with Crippen LogP contribution in [0, 0.1) is 5.82 Å². The Balaban J connectivity index is 1.59. The maximum absolute atomic E-state index is 13.0. The molecule has 0 saturated carbocycles. The van der Waals surface area contributed by atoms with Crippen LogP contribution >= 0.6 is 0 Å². The van der Waals surface area contributed by atoms with Crippen molar-refractivity contribution in [3.63, 3.8) is 0 Å². The van der Waals surface area contributed by atoms with E-state index in [2.05, 4.69) is 9.97 Å². The quantitative estimate of drug-likeness (QED) is 0.712. The zero-order chi connectivity index (χ0) is 18.1. The highest BCUT2D eigenvalue weighted by molar-refractivity contribution is 7.89. The Labute approximate surface area is 151 Å². The molecule has 0 atom stereocenters. The first-order chi connectivity index (χ1) is 12.5. The number of halogens is 1. The minimum atomic E-state index is -3.59. The summed E-state index contributed by atoms with van der Waals surface area (Å²) in [5.74, 6) is -0.303. The lowest BCUT2D eigenvalue weighted by molar-refractivity contribution is 0.387.